The van der Waals surface area contributed by atoms with Crippen LogP contribution in [0.1, 0.15) is 36.8 Å². The second kappa shape index (κ2) is 8.93. The Hall–Kier alpha value is -2.50. The van der Waals surface area contributed by atoms with E-state index in [2.05, 4.69) is 4.72 Å². The Kier molecular flexibility index (Phi) is 6.68. The molecule has 9 nitrogen and oxygen atoms in total. The summed E-state index contributed by atoms with van der Waals surface area (Å²) >= 11 is 0. The number of hydrogen-bond acceptors (Lipinski definition) is 6. The number of hydrogen-bond donors (Lipinski definition) is 1. The van der Waals surface area contributed by atoms with Crippen molar-refractivity contribution in [1.29, 1.82) is 0 Å². The van der Waals surface area contributed by atoms with E-state index in [4.69, 9.17) is 0 Å². The van der Waals surface area contributed by atoms with Crippen LogP contribution in [-0.4, -0.2) is 39.2 Å². The molecule has 0 bridgehead atoms. The van der Waals surface area contributed by atoms with Gasteiger partial charge in [0.25, 0.3) is 15.7 Å². The Morgan fingerprint density at radius 2 is 1.52 bits per heavy atom. The van der Waals surface area contributed by atoms with Gasteiger partial charge in [0.05, 0.1) is 14.7 Å². The molecule has 11 heteroatoms. The Labute approximate surface area is 182 Å². The number of aryl methyl sites for hydroxylation is 1. The van der Waals surface area contributed by atoms with Gasteiger partial charge in [-0.05, 0) is 62.1 Å². The molecule has 1 aliphatic rings. The van der Waals surface area contributed by atoms with Crippen molar-refractivity contribution >= 4 is 31.4 Å². The molecule has 2 aromatic carbocycles. The zero-order valence-corrected chi connectivity index (χ0v) is 19.0. The first kappa shape index (κ1) is 23.2. The van der Waals surface area contributed by atoms with E-state index >= 15 is 0 Å². The number of anilines is 1. The van der Waals surface area contributed by atoms with Gasteiger partial charge in [-0.3, -0.25) is 14.8 Å². The predicted molar refractivity (Wildman–Crippen MR) is 117 cm³/mol. The summed E-state index contributed by atoms with van der Waals surface area (Å²) in [5.41, 5.74) is 0.729. The molecule has 0 aliphatic carbocycles. The minimum atomic E-state index is -4.11. The summed E-state index contributed by atoms with van der Waals surface area (Å²) in [4.78, 5) is 10.4. The largest absolute Gasteiger partial charge is 0.280 e. The number of sulfonamides is 2. The van der Waals surface area contributed by atoms with Crippen molar-refractivity contribution in [3.8, 4) is 0 Å². The molecule has 0 amide bonds. The van der Waals surface area contributed by atoms with Gasteiger partial charge >= 0.3 is 0 Å². The first-order chi connectivity index (χ1) is 14.5. The molecule has 0 saturated carbocycles. The lowest BCUT2D eigenvalue weighted by molar-refractivity contribution is -0.385. The van der Waals surface area contributed by atoms with E-state index in [1.54, 1.807) is 13.8 Å². The molecule has 31 heavy (non-hydrogen) atoms. The van der Waals surface area contributed by atoms with Crippen LogP contribution < -0.4 is 4.72 Å². The quantitative estimate of drug-likeness (QED) is 0.511. The molecule has 0 radical (unpaired) electrons. The highest BCUT2D eigenvalue weighted by atomic mass is 32.2. The minimum absolute atomic E-state index is 0.0970. The molecule has 168 valence electrons. The fourth-order valence-electron chi connectivity index (χ4n) is 3.53. The second-order valence-corrected chi connectivity index (χ2v) is 11.2. The molecule has 0 unspecified atom stereocenters. The molecule has 1 N–H and O–H groups in total. The van der Waals surface area contributed by atoms with Crippen LogP contribution >= 0.6 is 0 Å². The van der Waals surface area contributed by atoms with Crippen LogP contribution in [0.2, 0.25) is 0 Å². The van der Waals surface area contributed by atoms with Crippen LogP contribution in [-0.2, 0) is 20.0 Å². The normalized spacial score (nSPS) is 15.9. The fraction of sp³-hybridized carbons (Fsp3) is 0.400. The number of nitro groups is 1. The van der Waals surface area contributed by atoms with Crippen molar-refractivity contribution in [3.63, 3.8) is 0 Å². The summed E-state index contributed by atoms with van der Waals surface area (Å²) in [5.74, 6) is 0. The van der Waals surface area contributed by atoms with Gasteiger partial charge in [0.15, 0.2) is 0 Å². The van der Waals surface area contributed by atoms with E-state index in [-0.39, 0.29) is 21.2 Å². The van der Waals surface area contributed by atoms with Crippen molar-refractivity contribution in [1.82, 2.24) is 4.31 Å². The number of benzene rings is 2. The average Bonchev–Trinajstić information content (AvgIpc) is 3.00. The average molecular weight is 468 g/mol. The van der Waals surface area contributed by atoms with Crippen LogP contribution in [0.4, 0.5) is 11.4 Å². The zero-order valence-electron chi connectivity index (χ0n) is 17.4. The van der Waals surface area contributed by atoms with Crippen molar-refractivity contribution in [2.75, 3.05) is 17.8 Å². The van der Waals surface area contributed by atoms with Gasteiger partial charge < -0.3 is 0 Å². The van der Waals surface area contributed by atoms with Crippen molar-refractivity contribution in [2.24, 2.45) is 0 Å². The highest BCUT2D eigenvalue weighted by molar-refractivity contribution is 7.92. The Morgan fingerprint density at radius 1 is 0.935 bits per heavy atom. The van der Waals surface area contributed by atoms with Gasteiger partial charge in [-0.25, -0.2) is 16.8 Å². The molecule has 1 aliphatic heterocycles. The van der Waals surface area contributed by atoms with Crippen molar-refractivity contribution < 1.29 is 21.8 Å². The molecule has 1 saturated heterocycles. The highest BCUT2D eigenvalue weighted by Crippen LogP contribution is 2.28. The number of nitrogens with one attached hydrogen (secondary N) is 1. The van der Waals surface area contributed by atoms with Gasteiger partial charge in [-0.15, -0.1) is 0 Å². The number of rotatable bonds is 6. The highest BCUT2D eigenvalue weighted by Gasteiger charge is 2.26. The van der Waals surface area contributed by atoms with Gasteiger partial charge in [0.1, 0.15) is 0 Å². The monoisotopic (exact) mass is 467 g/mol. The van der Waals surface area contributed by atoms with Gasteiger partial charge in [-0.2, -0.15) is 4.31 Å². The van der Waals surface area contributed by atoms with E-state index in [1.807, 2.05) is 0 Å². The maximum absolute atomic E-state index is 12.9. The van der Waals surface area contributed by atoms with Crippen LogP contribution in [0.5, 0.6) is 0 Å². The second-order valence-electron chi connectivity index (χ2n) is 7.59. The maximum atomic E-state index is 12.9. The molecular formula is C20H25N3O6S2. The molecule has 1 heterocycles. The summed E-state index contributed by atoms with van der Waals surface area (Å²) in [7, 11) is -7.75. The summed E-state index contributed by atoms with van der Waals surface area (Å²) < 4.78 is 55.3. The van der Waals surface area contributed by atoms with Crippen LogP contribution in [0, 0.1) is 24.0 Å². The lowest BCUT2D eigenvalue weighted by atomic mass is 10.1. The first-order valence-electron chi connectivity index (χ1n) is 9.91. The van der Waals surface area contributed by atoms with E-state index < -0.39 is 25.0 Å². The lowest BCUT2D eigenvalue weighted by Crippen LogP contribution is -2.31. The van der Waals surface area contributed by atoms with E-state index in [9.17, 15) is 26.9 Å². The predicted octanol–water partition coefficient (Wildman–Crippen LogP) is 3.58. The first-order valence-corrected chi connectivity index (χ1v) is 12.8. The molecule has 0 spiro atoms. The van der Waals surface area contributed by atoms with Gasteiger partial charge in [0.2, 0.25) is 10.0 Å². The standard InChI is InChI=1S/C20H25N3O6S2/c1-15-13-18(23(24)25)14-20(16(15)2)30(26,27)21-17-7-9-19(10-8-17)31(28,29)22-11-5-3-4-6-12-22/h7-10,13-14,21H,3-6,11-12H2,1-2H3. The Morgan fingerprint density at radius 3 is 2.06 bits per heavy atom. The van der Waals surface area contributed by atoms with Crippen LogP contribution in [0.15, 0.2) is 46.2 Å². The Bertz CT molecular complexity index is 1180. The third-order valence-electron chi connectivity index (χ3n) is 5.41. The lowest BCUT2D eigenvalue weighted by Gasteiger charge is -2.20. The molecule has 3 rings (SSSR count). The topological polar surface area (TPSA) is 127 Å². The third kappa shape index (κ3) is 5.05. The zero-order chi connectivity index (χ0) is 22.8. The van der Waals surface area contributed by atoms with E-state index in [1.165, 1.54) is 34.6 Å². The molecular weight excluding hydrogens is 442 g/mol. The van der Waals surface area contributed by atoms with Gasteiger partial charge in [-0.1, -0.05) is 12.8 Å². The minimum Gasteiger partial charge on any atom is -0.280 e. The smallest absolute Gasteiger partial charge is 0.271 e. The number of nitro benzene ring substituents is 1. The number of non-ortho nitro benzene ring substituents is 1. The summed E-state index contributed by atoms with van der Waals surface area (Å²) in [6.07, 6.45) is 3.64. The molecule has 2 aromatic rings. The van der Waals surface area contributed by atoms with Crippen molar-refractivity contribution in [2.45, 2.75) is 49.3 Å². The molecule has 0 aromatic heterocycles. The van der Waals surface area contributed by atoms with Crippen molar-refractivity contribution in [3.05, 3.63) is 57.6 Å². The SMILES string of the molecule is Cc1cc([N+](=O)[O-])cc(S(=O)(=O)Nc2ccc(S(=O)(=O)N3CCCCCC3)cc2)c1C. The van der Waals surface area contributed by atoms with E-state index in [0.717, 1.165) is 31.7 Å². The maximum Gasteiger partial charge on any atom is 0.271 e. The fourth-order valence-corrected chi connectivity index (χ4v) is 6.44. The van der Waals surface area contributed by atoms with E-state index in [0.29, 0.717) is 24.2 Å². The third-order valence-corrected chi connectivity index (χ3v) is 8.83. The molecule has 0 atom stereocenters. The summed E-state index contributed by atoms with van der Waals surface area (Å²) in [6.45, 7) is 4.12. The van der Waals surface area contributed by atoms with Crippen LogP contribution in [0.3, 0.4) is 0 Å². The van der Waals surface area contributed by atoms with Gasteiger partial charge in [0, 0.05) is 30.9 Å². The number of nitrogens with zero attached hydrogens (tertiary/aromatic N) is 2. The Balaban J connectivity index is 1.86. The molecule has 1 fully saturated rings. The summed E-state index contributed by atoms with van der Waals surface area (Å²) in [5, 5.41) is 11.1. The van der Waals surface area contributed by atoms with Crippen LogP contribution in [0.25, 0.3) is 0 Å². The summed E-state index contributed by atoms with van der Waals surface area (Å²) in [6, 6.07) is 7.82.